The summed E-state index contributed by atoms with van der Waals surface area (Å²) in [7, 11) is -3.26. The van der Waals surface area contributed by atoms with Crippen molar-refractivity contribution < 1.29 is 27.5 Å². The fourth-order valence-electron chi connectivity index (χ4n) is 2.32. The Kier molecular flexibility index (Phi) is 4.26. The van der Waals surface area contributed by atoms with Crippen LogP contribution in [-0.2, 0) is 14.6 Å². The standard InChI is InChI=1S/C13H14FNO5S/c14-10-3-1-2-9(6-10)13(18)15(7-12(16)17)11-4-5-21(19,20)8-11/h1-3,6,11H,4-5,7-8H2,(H,16,17). The highest BCUT2D eigenvalue weighted by molar-refractivity contribution is 7.91. The second-order valence-corrected chi connectivity index (χ2v) is 7.12. The smallest absolute Gasteiger partial charge is 0.323 e. The minimum atomic E-state index is -3.26. The summed E-state index contributed by atoms with van der Waals surface area (Å²) in [5.41, 5.74) is 0.000507. The number of halogens is 1. The van der Waals surface area contributed by atoms with E-state index in [0.29, 0.717) is 0 Å². The van der Waals surface area contributed by atoms with E-state index in [1.165, 1.54) is 18.2 Å². The Bertz CT molecular complexity index is 673. The van der Waals surface area contributed by atoms with E-state index < -0.39 is 40.1 Å². The Morgan fingerprint density at radius 1 is 1.38 bits per heavy atom. The SMILES string of the molecule is O=C(O)CN(C(=O)c1cccc(F)c1)C1CCS(=O)(=O)C1. The van der Waals surface area contributed by atoms with E-state index in [0.717, 1.165) is 11.0 Å². The van der Waals surface area contributed by atoms with E-state index in [9.17, 15) is 22.4 Å². The van der Waals surface area contributed by atoms with Gasteiger partial charge in [0.15, 0.2) is 9.84 Å². The van der Waals surface area contributed by atoms with Crippen molar-refractivity contribution in [2.75, 3.05) is 18.1 Å². The molecule has 1 amide bonds. The molecule has 0 spiro atoms. The molecule has 1 atom stereocenters. The third-order valence-electron chi connectivity index (χ3n) is 3.29. The molecular weight excluding hydrogens is 301 g/mol. The Morgan fingerprint density at radius 3 is 2.62 bits per heavy atom. The van der Waals surface area contributed by atoms with Crippen molar-refractivity contribution in [3.05, 3.63) is 35.6 Å². The minimum absolute atomic E-state index is 0.000507. The van der Waals surface area contributed by atoms with Crippen molar-refractivity contribution in [1.29, 1.82) is 0 Å². The zero-order valence-corrected chi connectivity index (χ0v) is 11.8. The highest BCUT2D eigenvalue weighted by Gasteiger charge is 2.36. The lowest BCUT2D eigenvalue weighted by atomic mass is 10.1. The van der Waals surface area contributed by atoms with Gasteiger partial charge < -0.3 is 10.0 Å². The van der Waals surface area contributed by atoms with Crippen LogP contribution in [0.4, 0.5) is 4.39 Å². The first-order chi connectivity index (χ1) is 9.78. The van der Waals surface area contributed by atoms with E-state index >= 15 is 0 Å². The molecule has 1 unspecified atom stereocenters. The first kappa shape index (κ1) is 15.4. The number of carboxylic acid groups (broad SMARTS) is 1. The van der Waals surface area contributed by atoms with Crippen molar-refractivity contribution in [2.24, 2.45) is 0 Å². The van der Waals surface area contributed by atoms with E-state index in [1.54, 1.807) is 0 Å². The lowest BCUT2D eigenvalue weighted by molar-refractivity contribution is -0.138. The third-order valence-corrected chi connectivity index (χ3v) is 5.04. The summed E-state index contributed by atoms with van der Waals surface area (Å²) < 4.78 is 36.2. The fraction of sp³-hybridized carbons (Fsp3) is 0.385. The zero-order valence-electron chi connectivity index (χ0n) is 11.0. The van der Waals surface area contributed by atoms with Gasteiger partial charge in [-0.1, -0.05) is 6.07 Å². The number of carboxylic acids is 1. The van der Waals surface area contributed by atoms with E-state index in [4.69, 9.17) is 5.11 Å². The predicted molar refractivity (Wildman–Crippen MR) is 72.1 cm³/mol. The van der Waals surface area contributed by atoms with Crippen LogP contribution >= 0.6 is 0 Å². The molecule has 6 nitrogen and oxygen atoms in total. The fourth-order valence-corrected chi connectivity index (χ4v) is 4.05. The van der Waals surface area contributed by atoms with Gasteiger partial charge in [0.2, 0.25) is 0 Å². The number of nitrogens with zero attached hydrogens (tertiary/aromatic N) is 1. The van der Waals surface area contributed by atoms with Crippen LogP contribution in [0.5, 0.6) is 0 Å². The van der Waals surface area contributed by atoms with Crippen molar-refractivity contribution in [2.45, 2.75) is 12.5 Å². The van der Waals surface area contributed by atoms with Crippen LogP contribution < -0.4 is 0 Å². The van der Waals surface area contributed by atoms with Gasteiger partial charge in [-0.2, -0.15) is 0 Å². The molecular formula is C13H14FNO5S. The average molecular weight is 315 g/mol. The quantitative estimate of drug-likeness (QED) is 0.875. The van der Waals surface area contributed by atoms with Crippen LogP contribution in [0.15, 0.2) is 24.3 Å². The number of amides is 1. The summed E-state index contributed by atoms with van der Waals surface area (Å²) in [5, 5.41) is 8.91. The van der Waals surface area contributed by atoms with Gasteiger partial charge >= 0.3 is 5.97 Å². The Morgan fingerprint density at radius 2 is 2.10 bits per heavy atom. The first-order valence-electron chi connectivity index (χ1n) is 6.27. The van der Waals surface area contributed by atoms with Crippen LogP contribution in [0.3, 0.4) is 0 Å². The molecule has 1 aromatic rings. The average Bonchev–Trinajstić information content (AvgIpc) is 2.75. The molecule has 1 aromatic carbocycles. The number of hydrogen-bond acceptors (Lipinski definition) is 4. The molecule has 1 aliphatic heterocycles. The van der Waals surface area contributed by atoms with Crippen molar-refractivity contribution >= 4 is 21.7 Å². The molecule has 8 heteroatoms. The lowest BCUT2D eigenvalue weighted by Crippen LogP contribution is -2.44. The van der Waals surface area contributed by atoms with Gasteiger partial charge in [0.05, 0.1) is 11.5 Å². The molecule has 114 valence electrons. The number of hydrogen-bond donors (Lipinski definition) is 1. The highest BCUT2D eigenvalue weighted by atomic mass is 32.2. The zero-order chi connectivity index (χ0) is 15.6. The molecule has 0 aromatic heterocycles. The number of rotatable bonds is 4. The van der Waals surface area contributed by atoms with Crippen LogP contribution in [0.1, 0.15) is 16.8 Å². The van der Waals surface area contributed by atoms with Gasteiger partial charge in [0.25, 0.3) is 5.91 Å². The Balaban J connectivity index is 2.28. The molecule has 2 rings (SSSR count). The van der Waals surface area contributed by atoms with Crippen LogP contribution in [0.2, 0.25) is 0 Å². The molecule has 0 bridgehead atoms. The summed E-state index contributed by atoms with van der Waals surface area (Å²) in [6.45, 7) is -0.616. The third kappa shape index (κ3) is 3.78. The summed E-state index contributed by atoms with van der Waals surface area (Å²) in [4.78, 5) is 24.2. The summed E-state index contributed by atoms with van der Waals surface area (Å²) in [6, 6.07) is 4.18. The van der Waals surface area contributed by atoms with E-state index in [1.807, 2.05) is 0 Å². The first-order valence-corrected chi connectivity index (χ1v) is 8.09. The molecule has 1 saturated heterocycles. The molecule has 1 fully saturated rings. The summed E-state index contributed by atoms with van der Waals surface area (Å²) in [5.74, 6) is -2.89. The second kappa shape index (κ2) is 5.80. The van der Waals surface area contributed by atoms with Crippen molar-refractivity contribution in [1.82, 2.24) is 4.90 Å². The van der Waals surface area contributed by atoms with Crippen LogP contribution in [0.25, 0.3) is 0 Å². The minimum Gasteiger partial charge on any atom is -0.480 e. The van der Waals surface area contributed by atoms with Gasteiger partial charge in [-0.15, -0.1) is 0 Å². The second-order valence-electron chi connectivity index (χ2n) is 4.89. The molecule has 0 saturated carbocycles. The lowest BCUT2D eigenvalue weighted by Gasteiger charge is -2.26. The van der Waals surface area contributed by atoms with E-state index in [-0.39, 0.29) is 23.5 Å². The Labute approximate surface area is 121 Å². The monoisotopic (exact) mass is 315 g/mol. The maximum Gasteiger partial charge on any atom is 0.323 e. The molecule has 0 radical (unpaired) electrons. The molecule has 0 aliphatic carbocycles. The molecule has 1 N–H and O–H groups in total. The summed E-state index contributed by atoms with van der Waals surface area (Å²) in [6.07, 6.45) is 0.191. The maximum atomic E-state index is 13.2. The predicted octanol–water partition coefficient (Wildman–Crippen LogP) is 0.540. The molecule has 1 aliphatic rings. The van der Waals surface area contributed by atoms with Gasteiger partial charge in [-0.3, -0.25) is 9.59 Å². The van der Waals surface area contributed by atoms with Crippen molar-refractivity contribution in [3.8, 4) is 0 Å². The molecule has 1 heterocycles. The maximum absolute atomic E-state index is 13.2. The number of carbonyl (C=O) groups excluding carboxylic acids is 1. The largest absolute Gasteiger partial charge is 0.480 e. The van der Waals surface area contributed by atoms with Gasteiger partial charge in [0, 0.05) is 11.6 Å². The van der Waals surface area contributed by atoms with Crippen LogP contribution in [0, 0.1) is 5.82 Å². The van der Waals surface area contributed by atoms with E-state index in [2.05, 4.69) is 0 Å². The number of benzene rings is 1. The van der Waals surface area contributed by atoms with Crippen molar-refractivity contribution in [3.63, 3.8) is 0 Å². The van der Waals surface area contributed by atoms with Gasteiger partial charge in [-0.05, 0) is 24.6 Å². The Hall–Kier alpha value is -1.96. The van der Waals surface area contributed by atoms with Gasteiger partial charge in [0.1, 0.15) is 12.4 Å². The number of carbonyl (C=O) groups is 2. The molecule has 21 heavy (non-hydrogen) atoms. The number of aliphatic carboxylic acids is 1. The normalized spacial score (nSPS) is 20.1. The summed E-state index contributed by atoms with van der Waals surface area (Å²) >= 11 is 0. The topological polar surface area (TPSA) is 91.8 Å². The van der Waals surface area contributed by atoms with Crippen LogP contribution in [-0.4, -0.2) is 54.4 Å². The van der Waals surface area contributed by atoms with Gasteiger partial charge in [-0.25, -0.2) is 12.8 Å². The number of sulfone groups is 1. The highest BCUT2D eigenvalue weighted by Crippen LogP contribution is 2.20.